The molecule has 6 nitrogen and oxygen atoms in total. The van der Waals surface area contributed by atoms with E-state index in [1.807, 2.05) is 0 Å². The van der Waals surface area contributed by atoms with Crippen molar-refractivity contribution < 1.29 is 8.42 Å². The third kappa shape index (κ3) is 3.01. The van der Waals surface area contributed by atoms with Gasteiger partial charge in [-0.25, -0.2) is 0 Å². The molecular formula is C13H26N4O2S. The van der Waals surface area contributed by atoms with Gasteiger partial charge in [0.15, 0.2) is 0 Å². The molecule has 0 aromatic rings. The summed E-state index contributed by atoms with van der Waals surface area (Å²) in [5.74, 6) is 0. The molecule has 116 valence electrons. The first kappa shape index (κ1) is 14.7. The summed E-state index contributed by atoms with van der Waals surface area (Å²) in [6.07, 6.45) is 4.67. The fraction of sp³-hybridized carbons (Fsp3) is 1.00. The third-order valence-electron chi connectivity index (χ3n) is 4.74. The average molecular weight is 302 g/mol. The molecule has 0 spiro atoms. The molecule has 0 aromatic heterocycles. The lowest BCUT2D eigenvalue weighted by atomic mass is 10.1. The first-order valence-electron chi connectivity index (χ1n) is 7.88. The van der Waals surface area contributed by atoms with Gasteiger partial charge in [0.25, 0.3) is 10.2 Å². The van der Waals surface area contributed by atoms with Crippen molar-refractivity contribution in [2.75, 3.05) is 52.4 Å². The Morgan fingerprint density at radius 3 is 2.25 bits per heavy atom. The Morgan fingerprint density at radius 2 is 1.55 bits per heavy atom. The maximum absolute atomic E-state index is 12.7. The minimum atomic E-state index is -3.25. The molecule has 3 rings (SSSR count). The molecule has 0 radical (unpaired) electrons. The summed E-state index contributed by atoms with van der Waals surface area (Å²) in [4.78, 5) is 2.49. The van der Waals surface area contributed by atoms with Gasteiger partial charge >= 0.3 is 0 Å². The summed E-state index contributed by atoms with van der Waals surface area (Å²) in [5, 5.41) is 3.21. The molecule has 1 atom stereocenters. The second-order valence-electron chi connectivity index (χ2n) is 6.05. The van der Waals surface area contributed by atoms with Crippen LogP contribution in [-0.2, 0) is 10.2 Å². The van der Waals surface area contributed by atoms with Crippen LogP contribution in [0, 0.1) is 0 Å². The SMILES string of the molecule is O=S(=O)(N1CCNCC1)N1CCCC(N2CCCC2)C1. The molecule has 0 aromatic carbocycles. The van der Waals surface area contributed by atoms with Gasteiger partial charge < -0.3 is 5.32 Å². The van der Waals surface area contributed by atoms with Crippen molar-refractivity contribution in [2.45, 2.75) is 31.7 Å². The average Bonchev–Trinajstić information content (AvgIpc) is 3.03. The highest BCUT2D eigenvalue weighted by atomic mass is 32.2. The Balaban J connectivity index is 1.65. The van der Waals surface area contributed by atoms with E-state index in [-0.39, 0.29) is 0 Å². The van der Waals surface area contributed by atoms with Crippen LogP contribution in [0.5, 0.6) is 0 Å². The monoisotopic (exact) mass is 302 g/mol. The maximum atomic E-state index is 12.7. The van der Waals surface area contributed by atoms with Crippen molar-refractivity contribution in [1.82, 2.24) is 18.8 Å². The molecule has 1 unspecified atom stereocenters. The second-order valence-corrected chi connectivity index (χ2v) is 7.98. The zero-order valence-electron chi connectivity index (χ0n) is 12.1. The van der Waals surface area contributed by atoms with Gasteiger partial charge in [0.1, 0.15) is 0 Å². The van der Waals surface area contributed by atoms with Crippen LogP contribution in [0.1, 0.15) is 25.7 Å². The van der Waals surface area contributed by atoms with Gasteiger partial charge in [-0.15, -0.1) is 0 Å². The van der Waals surface area contributed by atoms with Crippen LogP contribution in [0.3, 0.4) is 0 Å². The van der Waals surface area contributed by atoms with Gasteiger partial charge in [-0.05, 0) is 38.8 Å². The first-order chi connectivity index (χ1) is 9.68. The van der Waals surface area contributed by atoms with Crippen molar-refractivity contribution in [3.8, 4) is 0 Å². The number of hydrogen-bond acceptors (Lipinski definition) is 4. The lowest BCUT2D eigenvalue weighted by Gasteiger charge is -2.39. The number of piperazine rings is 1. The standard InChI is InChI=1S/C13H26N4O2S/c18-20(19,16-10-5-14-6-11-16)17-9-3-4-13(12-17)15-7-1-2-8-15/h13-14H,1-12H2. The molecule has 0 aliphatic carbocycles. The second kappa shape index (κ2) is 6.27. The van der Waals surface area contributed by atoms with Gasteiger partial charge in [-0.1, -0.05) is 0 Å². The number of hydrogen-bond donors (Lipinski definition) is 1. The summed E-state index contributed by atoms with van der Waals surface area (Å²) in [5.41, 5.74) is 0. The highest BCUT2D eigenvalue weighted by Crippen LogP contribution is 2.23. The van der Waals surface area contributed by atoms with Crippen molar-refractivity contribution in [3.05, 3.63) is 0 Å². The molecule has 7 heteroatoms. The van der Waals surface area contributed by atoms with Crippen molar-refractivity contribution in [3.63, 3.8) is 0 Å². The molecule has 1 N–H and O–H groups in total. The van der Waals surface area contributed by atoms with Crippen LogP contribution in [0.4, 0.5) is 0 Å². The van der Waals surface area contributed by atoms with Crippen LogP contribution in [0.25, 0.3) is 0 Å². The molecule has 0 bridgehead atoms. The summed E-state index contributed by atoms with van der Waals surface area (Å²) in [7, 11) is -3.25. The summed E-state index contributed by atoms with van der Waals surface area (Å²) < 4.78 is 28.8. The highest BCUT2D eigenvalue weighted by molar-refractivity contribution is 7.86. The van der Waals surface area contributed by atoms with E-state index in [9.17, 15) is 8.42 Å². The van der Waals surface area contributed by atoms with E-state index in [0.29, 0.717) is 32.2 Å². The minimum absolute atomic E-state index is 0.434. The van der Waals surface area contributed by atoms with Gasteiger partial charge in [-0.3, -0.25) is 4.90 Å². The molecule has 0 amide bonds. The van der Waals surface area contributed by atoms with Crippen LogP contribution in [0.15, 0.2) is 0 Å². The van der Waals surface area contributed by atoms with E-state index in [1.165, 1.54) is 12.8 Å². The summed E-state index contributed by atoms with van der Waals surface area (Å²) in [6, 6.07) is 0.434. The summed E-state index contributed by atoms with van der Waals surface area (Å²) >= 11 is 0. The maximum Gasteiger partial charge on any atom is 0.282 e. The van der Waals surface area contributed by atoms with E-state index < -0.39 is 10.2 Å². The lowest BCUT2D eigenvalue weighted by Crippen LogP contribution is -2.56. The van der Waals surface area contributed by atoms with Crippen molar-refractivity contribution in [2.24, 2.45) is 0 Å². The molecule has 3 aliphatic rings. The Bertz CT molecular complexity index is 416. The predicted octanol–water partition coefficient (Wildman–Crippen LogP) is -0.303. The summed E-state index contributed by atoms with van der Waals surface area (Å²) in [6.45, 7) is 6.41. The Labute approximate surface area is 122 Å². The number of nitrogens with zero attached hydrogens (tertiary/aromatic N) is 3. The molecule has 20 heavy (non-hydrogen) atoms. The third-order valence-corrected chi connectivity index (χ3v) is 6.75. The van der Waals surface area contributed by atoms with E-state index >= 15 is 0 Å². The fourth-order valence-corrected chi connectivity index (χ4v) is 5.26. The van der Waals surface area contributed by atoms with Gasteiger partial charge in [0.2, 0.25) is 0 Å². The van der Waals surface area contributed by atoms with E-state index in [1.54, 1.807) is 8.61 Å². The fourth-order valence-electron chi connectivity index (χ4n) is 3.57. The van der Waals surface area contributed by atoms with Crippen LogP contribution in [-0.4, -0.2) is 80.3 Å². The van der Waals surface area contributed by atoms with Crippen LogP contribution >= 0.6 is 0 Å². The molecule has 3 heterocycles. The van der Waals surface area contributed by atoms with Crippen molar-refractivity contribution >= 4 is 10.2 Å². The largest absolute Gasteiger partial charge is 0.314 e. The molecular weight excluding hydrogens is 276 g/mol. The Kier molecular flexibility index (Phi) is 4.62. The van der Waals surface area contributed by atoms with E-state index in [2.05, 4.69) is 10.2 Å². The predicted molar refractivity (Wildman–Crippen MR) is 78.8 cm³/mol. The van der Waals surface area contributed by atoms with Gasteiger partial charge in [0.05, 0.1) is 0 Å². The Hall–Kier alpha value is -0.210. The van der Waals surface area contributed by atoms with E-state index in [4.69, 9.17) is 0 Å². The van der Waals surface area contributed by atoms with Crippen LogP contribution in [0.2, 0.25) is 0 Å². The smallest absolute Gasteiger partial charge is 0.282 e. The zero-order valence-corrected chi connectivity index (χ0v) is 12.9. The minimum Gasteiger partial charge on any atom is -0.314 e. The number of nitrogens with one attached hydrogen (secondary N) is 1. The Morgan fingerprint density at radius 1 is 0.850 bits per heavy atom. The number of likely N-dealkylation sites (tertiary alicyclic amines) is 1. The topological polar surface area (TPSA) is 55.9 Å². The first-order valence-corrected chi connectivity index (χ1v) is 9.27. The van der Waals surface area contributed by atoms with Gasteiger partial charge in [0, 0.05) is 45.3 Å². The molecule has 0 saturated carbocycles. The zero-order chi connectivity index (χ0) is 14.0. The molecule has 3 saturated heterocycles. The number of piperidine rings is 1. The molecule has 3 fully saturated rings. The quantitative estimate of drug-likeness (QED) is 0.777. The highest BCUT2D eigenvalue weighted by Gasteiger charge is 2.36. The van der Waals surface area contributed by atoms with Crippen LogP contribution < -0.4 is 5.32 Å². The van der Waals surface area contributed by atoms with Gasteiger partial charge in [-0.2, -0.15) is 17.0 Å². The lowest BCUT2D eigenvalue weighted by molar-refractivity contribution is 0.156. The molecule has 3 aliphatic heterocycles. The van der Waals surface area contributed by atoms with Crippen molar-refractivity contribution in [1.29, 1.82) is 0 Å². The van der Waals surface area contributed by atoms with E-state index in [0.717, 1.165) is 39.0 Å². The normalized spacial score (nSPS) is 31.7. The number of rotatable bonds is 3.